The average Bonchev–Trinajstić information content (AvgIpc) is 2.00. The summed E-state index contributed by atoms with van der Waals surface area (Å²) >= 11 is 2.97. The molecule has 0 aliphatic rings. The van der Waals surface area contributed by atoms with Crippen molar-refractivity contribution >= 4 is 27.6 Å². The SMILES string of the molecule is Nc1c(Br)ccc(C(=O)O)c1F. The van der Waals surface area contributed by atoms with Gasteiger partial charge in [0.1, 0.15) is 0 Å². The number of nitrogen functional groups attached to an aromatic ring is 1. The average molecular weight is 234 g/mol. The molecule has 0 saturated heterocycles. The van der Waals surface area contributed by atoms with Crippen LogP contribution in [0.3, 0.4) is 0 Å². The second-order valence-corrected chi connectivity index (χ2v) is 2.98. The highest BCUT2D eigenvalue weighted by Gasteiger charge is 2.14. The van der Waals surface area contributed by atoms with E-state index in [2.05, 4.69) is 15.9 Å². The van der Waals surface area contributed by atoms with E-state index in [1.165, 1.54) is 6.07 Å². The molecule has 64 valence electrons. The number of carboxylic acid groups (broad SMARTS) is 1. The van der Waals surface area contributed by atoms with Crippen LogP contribution in [0.2, 0.25) is 0 Å². The second kappa shape index (κ2) is 3.10. The zero-order valence-electron chi connectivity index (χ0n) is 5.84. The molecule has 0 amide bonds. The molecular weight excluding hydrogens is 229 g/mol. The van der Waals surface area contributed by atoms with Crippen molar-refractivity contribution < 1.29 is 14.3 Å². The molecular formula is C7H5BrFNO2. The van der Waals surface area contributed by atoms with Gasteiger partial charge in [0, 0.05) is 4.47 Å². The van der Waals surface area contributed by atoms with Crippen molar-refractivity contribution in [3.05, 3.63) is 28.0 Å². The van der Waals surface area contributed by atoms with Gasteiger partial charge in [-0.2, -0.15) is 0 Å². The van der Waals surface area contributed by atoms with E-state index >= 15 is 0 Å². The quantitative estimate of drug-likeness (QED) is 0.729. The third kappa shape index (κ3) is 1.40. The fraction of sp³-hybridized carbons (Fsp3) is 0. The van der Waals surface area contributed by atoms with E-state index in [1.807, 2.05) is 0 Å². The normalized spacial score (nSPS) is 9.83. The van der Waals surface area contributed by atoms with Crippen LogP contribution < -0.4 is 5.73 Å². The first kappa shape index (κ1) is 8.99. The summed E-state index contributed by atoms with van der Waals surface area (Å²) in [5.41, 5.74) is 4.63. The monoisotopic (exact) mass is 233 g/mol. The van der Waals surface area contributed by atoms with Crippen LogP contribution in [-0.4, -0.2) is 11.1 Å². The van der Waals surface area contributed by atoms with Crippen molar-refractivity contribution in [2.45, 2.75) is 0 Å². The van der Waals surface area contributed by atoms with Crippen LogP contribution in [0.25, 0.3) is 0 Å². The molecule has 5 heteroatoms. The van der Waals surface area contributed by atoms with Gasteiger partial charge in [-0.25, -0.2) is 9.18 Å². The molecule has 0 aromatic heterocycles. The van der Waals surface area contributed by atoms with Gasteiger partial charge in [-0.05, 0) is 28.1 Å². The van der Waals surface area contributed by atoms with E-state index in [0.29, 0.717) is 4.47 Å². The van der Waals surface area contributed by atoms with Crippen LogP contribution in [0.1, 0.15) is 10.4 Å². The van der Waals surface area contributed by atoms with Gasteiger partial charge < -0.3 is 10.8 Å². The first-order valence-electron chi connectivity index (χ1n) is 3.01. The van der Waals surface area contributed by atoms with E-state index in [-0.39, 0.29) is 5.69 Å². The molecule has 0 aliphatic carbocycles. The molecule has 3 nitrogen and oxygen atoms in total. The van der Waals surface area contributed by atoms with E-state index < -0.39 is 17.3 Å². The number of carboxylic acids is 1. The molecule has 3 N–H and O–H groups in total. The van der Waals surface area contributed by atoms with Crippen LogP contribution in [0.5, 0.6) is 0 Å². The Labute approximate surface area is 76.1 Å². The predicted molar refractivity (Wildman–Crippen MR) is 45.5 cm³/mol. The van der Waals surface area contributed by atoms with Crippen LogP contribution >= 0.6 is 15.9 Å². The molecule has 0 fully saturated rings. The Morgan fingerprint density at radius 1 is 1.58 bits per heavy atom. The van der Waals surface area contributed by atoms with E-state index in [0.717, 1.165) is 6.07 Å². The molecule has 0 spiro atoms. The minimum absolute atomic E-state index is 0.185. The van der Waals surface area contributed by atoms with E-state index in [1.54, 1.807) is 0 Å². The lowest BCUT2D eigenvalue weighted by Crippen LogP contribution is -2.03. The molecule has 0 unspecified atom stereocenters. The highest BCUT2D eigenvalue weighted by atomic mass is 79.9. The lowest BCUT2D eigenvalue weighted by molar-refractivity contribution is 0.0692. The van der Waals surface area contributed by atoms with Gasteiger partial charge in [0.05, 0.1) is 11.3 Å². The summed E-state index contributed by atoms with van der Waals surface area (Å²) in [6.45, 7) is 0. The summed E-state index contributed by atoms with van der Waals surface area (Å²) in [6, 6.07) is 2.54. The number of benzene rings is 1. The summed E-state index contributed by atoms with van der Waals surface area (Å²) in [7, 11) is 0. The lowest BCUT2D eigenvalue weighted by atomic mass is 10.2. The van der Waals surface area contributed by atoms with Gasteiger partial charge in [0.25, 0.3) is 0 Å². The summed E-state index contributed by atoms with van der Waals surface area (Å²) in [6.07, 6.45) is 0. The molecule has 12 heavy (non-hydrogen) atoms. The summed E-state index contributed by atoms with van der Waals surface area (Å²) in [5.74, 6) is -2.23. The van der Waals surface area contributed by atoms with Crippen molar-refractivity contribution in [3.63, 3.8) is 0 Å². The molecule has 0 aliphatic heterocycles. The first-order chi connectivity index (χ1) is 5.54. The Hall–Kier alpha value is -1.10. The number of hydrogen-bond donors (Lipinski definition) is 2. The lowest BCUT2D eigenvalue weighted by Gasteiger charge is -2.02. The van der Waals surface area contributed by atoms with Gasteiger partial charge in [0.2, 0.25) is 0 Å². The molecule has 0 heterocycles. The predicted octanol–water partition coefficient (Wildman–Crippen LogP) is 1.87. The van der Waals surface area contributed by atoms with Crippen molar-refractivity contribution in [3.8, 4) is 0 Å². The smallest absolute Gasteiger partial charge is 0.338 e. The van der Waals surface area contributed by atoms with Crippen LogP contribution in [0, 0.1) is 5.82 Å². The molecule has 0 radical (unpaired) electrons. The highest BCUT2D eigenvalue weighted by molar-refractivity contribution is 9.10. The summed E-state index contributed by atoms with van der Waals surface area (Å²) in [4.78, 5) is 10.4. The van der Waals surface area contributed by atoms with Crippen LogP contribution in [0.4, 0.5) is 10.1 Å². The van der Waals surface area contributed by atoms with Crippen LogP contribution in [0.15, 0.2) is 16.6 Å². The van der Waals surface area contributed by atoms with E-state index in [4.69, 9.17) is 10.8 Å². The molecule has 1 aromatic carbocycles. The van der Waals surface area contributed by atoms with Crippen molar-refractivity contribution in [1.82, 2.24) is 0 Å². The fourth-order valence-corrected chi connectivity index (χ4v) is 1.04. The van der Waals surface area contributed by atoms with Crippen LogP contribution in [-0.2, 0) is 0 Å². The second-order valence-electron chi connectivity index (χ2n) is 2.13. The minimum atomic E-state index is -1.33. The molecule has 0 bridgehead atoms. The Bertz CT molecular complexity index is 340. The number of anilines is 1. The van der Waals surface area contributed by atoms with Gasteiger partial charge >= 0.3 is 5.97 Å². The topological polar surface area (TPSA) is 63.3 Å². The zero-order chi connectivity index (χ0) is 9.30. The minimum Gasteiger partial charge on any atom is -0.478 e. The van der Waals surface area contributed by atoms with Crippen molar-refractivity contribution in [2.24, 2.45) is 0 Å². The molecule has 1 aromatic rings. The number of rotatable bonds is 1. The maximum absolute atomic E-state index is 13.0. The maximum Gasteiger partial charge on any atom is 0.338 e. The Kier molecular flexibility index (Phi) is 2.32. The Balaban J connectivity index is 3.36. The van der Waals surface area contributed by atoms with Gasteiger partial charge in [-0.15, -0.1) is 0 Å². The van der Waals surface area contributed by atoms with Gasteiger partial charge in [0.15, 0.2) is 5.82 Å². The standard InChI is InChI=1S/C7H5BrFNO2/c8-4-2-1-3(7(11)12)5(9)6(4)10/h1-2H,10H2,(H,11,12). The third-order valence-corrected chi connectivity index (χ3v) is 2.05. The number of hydrogen-bond acceptors (Lipinski definition) is 2. The zero-order valence-corrected chi connectivity index (χ0v) is 7.43. The van der Waals surface area contributed by atoms with E-state index in [9.17, 15) is 9.18 Å². The number of halogens is 2. The fourth-order valence-electron chi connectivity index (χ4n) is 0.735. The Morgan fingerprint density at radius 2 is 2.17 bits per heavy atom. The van der Waals surface area contributed by atoms with Crippen molar-refractivity contribution in [1.29, 1.82) is 0 Å². The summed E-state index contributed by atoms with van der Waals surface area (Å²) < 4.78 is 13.3. The summed E-state index contributed by atoms with van der Waals surface area (Å²) in [5, 5.41) is 8.47. The molecule has 0 atom stereocenters. The highest BCUT2D eigenvalue weighted by Crippen LogP contribution is 2.24. The largest absolute Gasteiger partial charge is 0.478 e. The first-order valence-corrected chi connectivity index (χ1v) is 3.80. The van der Waals surface area contributed by atoms with Crippen molar-refractivity contribution in [2.75, 3.05) is 5.73 Å². The molecule has 1 rings (SSSR count). The third-order valence-electron chi connectivity index (χ3n) is 1.36. The Morgan fingerprint density at radius 3 is 2.67 bits per heavy atom. The van der Waals surface area contributed by atoms with Gasteiger partial charge in [-0.3, -0.25) is 0 Å². The van der Waals surface area contributed by atoms with Gasteiger partial charge in [-0.1, -0.05) is 0 Å². The number of carbonyl (C=O) groups is 1. The number of aromatic carboxylic acids is 1. The number of nitrogens with two attached hydrogens (primary N) is 1. The maximum atomic E-state index is 13.0. The molecule has 0 saturated carbocycles.